The lowest BCUT2D eigenvalue weighted by atomic mass is 10.1. The third kappa shape index (κ3) is 5.38. The fourth-order valence-corrected chi connectivity index (χ4v) is 2.48. The Morgan fingerprint density at radius 1 is 1.24 bits per heavy atom. The highest BCUT2D eigenvalue weighted by molar-refractivity contribution is 5.85. The Kier molecular flexibility index (Phi) is 9.42. The monoisotopic (exact) mass is 333 g/mol. The molecule has 0 atom stereocenters. The predicted molar refractivity (Wildman–Crippen MR) is 92.8 cm³/mol. The molecule has 0 bridgehead atoms. The Labute approximate surface area is 139 Å². The molecule has 120 valence electrons. The van der Waals surface area contributed by atoms with E-state index in [2.05, 4.69) is 35.5 Å². The lowest BCUT2D eigenvalue weighted by Gasteiger charge is -2.21. The van der Waals surface area contributed by atoms with Crippen LogP contribution in [0, 0.1) is 0 Å². The number of carbonyl (C=O) groups is 1. The van der Waals surface area contributed by atoms with Crippen molar-refractivity contribution in [2.24, 2.45) is 0 Å². The van der Waals surface area contributed by atoms with Crippen LogP contribution in [-0.4, -0.2) is 44.5 Å². The smallest absolute Gasteiger partial charge is 0.222 e. The minimum absolute atomic E-state index is 0. The first-order valence-electron chi connectivity index (χ1n) is 6.94. The molecule has 0 aliphatic carbocycles. The molecule has 0 radical (unpaired) electrons. The molecule has 1 aliphatic rings. The van der Waals surface area contributed by atoms with E-state index >= 15 is 0 Å². The van der Waals surface area contributed by atoms with Crippen LogP contribution in [0.5, 0.6) is 0 Å². The van der Waals surface area contributed by atoms with Gasteiger partial charge < -0.3 is 15.1 Å². The maximum Gasteiger partial charge on any atom is 0.222 e. The molecular weight excluding hydrogens is 309 g/mol. The fraction of sp³-hybridized carbons (Fsp3) is 0.533. The van der Waals surface area contributed by atoms with Crippen LogP contribution in [-0.2, 0) is 11.3 Å². The molecule has 1 heterocycles. The van der Waals surface area contributed by atoms with Crippen LogP contribution >= 0.6 is 24.8 Å². The van der Waals surface area contributed by atoms with Crippen LogP contribution in [0.3, 0.4) is 0 Å². The zero-order valence-electron chi connectivity index (χ0n) is 12.7. The number of nitrogens with zero attached hydrogens (tertiary/aromatic N) is 2. The summed E-state index contributed by atoms with van der Waals surface area (Å²) in [6, 6.07) is 8.34. The molecule has 1 amide bonds. The number of benzene rings is 1. The SMILES string of the molecule is CNCCCC(=O)N1CCN(C)c2ccccc2C1.Cl.Cl. The summed E-state index contributed by atoms with van der Waals surface area (Å²) >= 11 is 0. The minimum atomic E-state index is 0. The van der Waals surface area contributed by atoms with Crippen molar-refractivity contribution in [3.8, 4) is 0 Å². The maximum atomic E-state index is 12.2. The molecule has 1 aromatic carbocycles. The van der Waals surface area contributed by atoms with Crippen molar-refractivity contribution >= 4 is 36.4 Å². The van der Waals surface area contributed by atoms with Crippen molar-refractivity contribution in [3.05, 3.63) is 29.8 Å². The summed E-state index contributed by atoms with van der Waals surface area (Å²) in [6.45, 7) is 3.34. The van der Waals surface area contributed by atoms with E-state index in [0.29, 0.717) is 6.42 Å². The summed E-state index contributed by atoms with van der Waals surface area (Å²) in [5, 5.41) is 3.08. The van der Waals surface area contributed by atoms with Crippen LogP contribution in [0.1, 0.15) is 18.4 Å². The Balaban J connectivity index is 0.00000200. The van der Waals surface area contributed by atoms with Gasteiger partial charge in [-0.3, -0.25) is 4.79 Å². The van der Waals surface area contributed by atoms with Crippen molar-refractivity contribution in [1.82, 2.24) is 10.2 Å². The third-order valence-corrected chi connectivity index (χ3v) is 3.64. The number of nitrogens with one attached hydrogen (secondary N) is 1. The number of fused-ring (bicyclic) bond motifs is 1. The van der Waals surface area contributed by atoms with Gasteiger partial charge in [-0.05, 0) is 31.6 Å². The summed E-state index contributed by atoms with van der Waals surface area (Å²) in [4.78, 5) is 16.4. The molecule has 6 heteroatoms. The number of halogens is 2. The van der Waals surface area contributed by atoms with Crippen LogP contribution < -0.4 is 10.2 Å². The number of amides is 1. The van der Waals surface area contributed by atoms with Crippen LogP contribution in [0.25, 0.3) is 0 Å². The summed E-state index contributed by atoms with van der Waals surface area (Å²) in [5.74, 6) is 0.264. The van der Waals surface area contributed by atoms with Crippen LogP contribution in [0.4, 0.5) is 5.69 Å². The zero-order chi connectivity index (χ0) is 13.7. The molecule has 0 saturated heterocycles. The number of rotatable bonds is 4. The highest BCUT2D eigenvalue weighted by Crippen LogP contribution is 2.23. The minimum Gasteiger partial charge on any atom is -0.373 e. The number of para-hydroxylation sites is 1. The molecule has 0 aromatic heterocycles. The second-order valence-electron chi connectivity index (χ2n) is 5.07. The van der Waals surface area contributed by atoms with E-state index in [1.54, 1.807) is 0 Å². The van der Waals surface area contributed by atoms with Crippen molar-refractivity contribution < 1.29 is 4.79 Å². The van der Waals surface area contributed by atoms with Gasteiger partial charge in [0.15, 0.2) is 0 Å². The highest BCUT2D eigenvalue weighted by atomic mass is 35.5. The van der Waals surface area contributed by atoms with Gasteiger partial charge in [0.05, 0.1) is 0 Å². The summed E-state index contributed by atoms with van der Waals surface area (Å²) in [5.41, 5.74) is 2.48. The maximum absolute atomic E-state index is 12.2. The average molecular weight is 334 g/mol. The van der Waals surface area contributed by atoms with Crippen molar-refractivity contribution in [2.75, 3.05) is 38.6 Å². The van der Waals surface area contributed by atoms with E-state index in [4.69, 9.17) is 0 Å². The first-order chi connectivity index (χ1) is 9.22. The van der Waals surface area contributed by atoms with E-state index in [-0.39, 0.29) is 30.7 Å². The molecule has 1 N–H and O–H groups in total. The molecule has 0 unspecified atom stereocenters. The molecule has 2 rings (SSSR count). The summed E-state index contributed by atoms with van der Waals surface area (Å²) in [6.07, 6.45) is 1.54. The van der Waals surface area contributed by atoms with Crippen molar-refractivity contribution in [2.45, 2.75) is 19.4 Å². The zero-order valence-corrected chi connectivity index (χ0v) is 14.3. The van der Waals surface area contributed by atoms with E-state index in [1.165, 1.54) is 11.3 Å². The Morgan fingerprint density at radius 3 is 2.67 bits per heavy atom. The number of likely N-dealkylation sites (N-methyl/N-ethyl adjacent to an activating group) is 1. The standard InChI is InChI=1S/C15H23N3O.2ClH/c1-16-9-5-8-15(19)18-11-10-17(2)14-7-4-3-6-13(14)12-18;;/h3-4,6-7,16H,5,8-12H2,1-2H3;2*1H. The summed E-state index contributed by atoms with van der Waals surface area (Å²) in [7, 11) is 4.01. The van der Waals surface area contributed by atoms with E-state index in [1.807, 2.05) is 18.0 Å². The number of anilines is 1. The average Bonchev–Trinajstić information content (AvgIpc) is 2.59. The molecule has 4 nitrogen and oxygen atoms in total. The first-order valence-corrected chi connectivity index (χ1v) is 6.94. The van der Waals surface area contributed by atoms with E-state index in [9.17, 15) is 4.79 Å². The molecule has 1 aliphatic heterocycles. The van der Waals surface area contributed by atoms with Gasteiger partial charge in [-0.2, -0.15) is 0 Å². The second kappa shape index (κ2) is 9.87. The van der Waals surface area contributed by atoms with E-state index in [0.717, 1.165) is 32.6 Å². The molecule has 0 spiro atoms. The molecule has 1 aromatic rings. The van der Waals surface area contributed by atoms with Crippen LogP contribution in [0.15, 0.2) is 24.3 Å². The molecule has 21 heavy (non-hydrogen) atoms. The van der Waals surface area contributed by atoms with Gasteiger partial charge in [0.25, 0.3) is 0 Å². The van der Waals surface area contributed by atoms with Gasteiger partial charge in [-0.15, -0.1) is 24.8 Å². The van der Waals surface area contributed by atoms with Gasteiger partial charge in [0.2, 0.25) is 5.91 Å². The Bertz CT molecular complexity index is 443. The van der Waals surface area contributed by atoms with Gasteiger partial charge in [-0.1, -0.05) is 18.2 Å². The van der Waals surface area contributed by atoms with Crippen molar-refractivity contribution in [3.63, 3.8) is 0 Å². The number of hydrogen-bond donors (Lipinski definition) is 1. The Morgan fingerprint density at radius 2 is 1.95 bits per heavy atom. The largest absolute Gasteiger partial charge is 0.373 e. The lowest BCUT2D eigenvalue weighted by molar-refractivity contribution is -0.131. The second-order valence-corrected chi connectivity index (χ2v) is 5.07. The van der Waals surface area contributed by atoms with Crippen LogP contribution in [0.2, 0.25) is 0 Å². The first kappa shape index (κ1) is 20.0. The normalized spacial score (nSPS) is 13.6. The van der Waals surface area contributed by atoms with E-state index < -0.39 is 0 Å². The van der Waals surface area contributed by atoms with Gasteiger partial charge >= 0.3 is 0 Å². The summed E-state index contributed by atoms with van der Waals surface area (Å²) < 4.78 is 0. The topological polar surface area (TPSA) is 35.6 Å². The molecule has 0 saturated carbocycles. The van der Waals surface area contributed by atoms with Gasteiger partial charge in [0.1, 0.15) is 0 Å². The van der Waals surface area contributed by atoms with Gasteiger partial charge in [0, 0.05) is 38.8 Å². The van der Waals surface area contributed by atoms with Crippen molar-refractivity contribution in [1.29, 1.82) is 0 Å². The fourth-order valence-electron chi connectivity index (χ4n) is 2.48. The quantitative estimate of drug-likeness (QED) is 0.859. The predicted octanol–water partition coefficient (Wildman–Crippen LogP) is 2.31. The molecule has 0 fully saturated rings. The lowest BCUT2D eigenvalue weighted by Crippen LogP contribution is -2.34. The van der Waals surface area contributed by atoms with Gasteiger partial charge in [-0.25, -0.2) is 0 Å². The highest BCUT2D eigenvalue weighted by Gasteiger charge is 2.20. The number of hydrogen-bond acceptors (Lipinski definition) is 3. The Hall–Kier alpha value is -0.970. The molecular formula is C15H25Cl2N3O. The third-order valence-electron chi connectivity index (χ3n) is 3.64. The number of carbonyl (C=O) groups excluding carboxylic acids is 1.